The van der Waals surface area contributed by atoms with Crippen molar-refractivity contribution < 1.29 is 40.3 Å². The second-order valence-electron chi connectivity index (χ2n) is 7.29. The van der Waals surface area contributed by atoms with E-state index >= 15 is 0 Å². The van der Waals surface area contributed by atoms with E-state index in [-0.39, 0.29) is 11.6 Å². The number of likely N-dealkylation sites (tertiary alicyclic amines) is 1. The minimum atomic E-state index is -4.65. The first-order valence-electron chi connectivity index (χ1n) is 9.68. The minimum absolute atomic E-state index is 0.270. The van der Waals surface area contributed by atoms with Crippen LogP contribution in [0.3, 0.4) is 0 Å². The molecular formula is C20H14F7N5O2. The molecule has 0 bridgehead atoms. The van der Waals surface area contributed by atoms with Crippen LogP contribution in [-0.4, -0.2) is 55.9 Å². The molecule has 1 aliphatic rings. The lowest BCUT2D eigenvalue weighted by Gasteiger charge is -2.28. The summed E-state index contributed by atoms with van der Waals surface area (Å²) >= 11 is 0. The largest absolute Gasteiger partial charge is 0.475 e. The van der Waals surface area contributed by atoms with Gasteiger partial charge in [0.1, 0.15) is 23.9 Å². The van der Waals surface area contributed by atoms with Gasteiger partial charge in [-0.3, -0.25) is 4.79 Å². The maximum absolute atomic E-state index is 14.7. The SMILES string of the molecule is O=C(c1c(-n2nccn2)ccc(F)c1F)N1CCC(F)(F)[C@H]1COc1ccc(C(F)(F)F)cn1. The molecule has 2 aromatic heterocycles. The number of aromatic nitrogens is 4. The average molecular weight is 489 g/mol. The number of rotatable bonds is 5. The Labute approximate surface area is 186 Å². The van der Waals surface area contributed by atoms with Gasteiger partial charge in [-0.05, 0) is 18.2 Å². The highest BCUT2D eigenvalue weighted by Crippen LogP contribution is 2.36. The lowest BCUT2D eigenvalue weighted by molar-refractivity contribution is -0.137. The predicted molar refractivity (Wildman–Crippen MR) is 100 cm³/mol. The van der Waals surface area contributed by atoms with Crippen LogP contribution < -0.4 is 4.74 Å². The number of alkyl halides is 5. The normalized spacial score (nSPS) is 17.7. The summed E-state index contributed by atoms with van der Waals surface area (Å²) in [6, 6.07) is 1.34. The van der Waals surface area contributed by atoms with Crippen molar-refractivity contribution >= 4 is 5.91 Å². The molecule has 4 rings (SSSR count). The van der Waals surface area contributed by atoms with E-state index in [0.717, 1.165) is 23.0 Å². The highest BCUT2D eigenvalue weighted by molar-refractivity contribution is 5.98. The molecule has 0 radical (unpaired) electrons. The van der Waals surface area contributed by atoms with Gasteiger partial charge >= 0.3 is 6.18 Å². The number of benzene rings is 1. The predicted octanol–water partition coefficient (Wildman–Crippen LogP) is 3.89. The zero-order chi connectivity index (χ0) is 24.7. The van der Waals surface area contributed by atoms with E-state index in [4.69, 9.17) is 4.74 Å². The van der Waals surface area contributed by atoms with Crippen molar-refractivity contribution in [3.63, 3.8) is 0 Å². The fourth-order valence-electron chi connectivity index (χ4n) is 3.47. The Morgan fingerprint density at radius 1 is 1.12 bits per heavy atom. The third-order valence-corrected chi connectivity index (χ3v) is 5.18. The first kappa shape index (κ1) is 23.4. The Hall–Kier alpha value is -3.71. The quantitative estimate of drug-likeness (QED) is 0.509. The second kappa shape index (κ2) is 8.57. The Kier molecular flexibility index (Phi) is 5.91. The molecule has 1 aromatic carbocycles. The van der Waals surface area contributed by atoms with Crippen molar-refractivity contribution in [2.45, 2.75) is 24.6 Å². The fraction of sp³-hybridized carbons (Fsp3) is 0.300. The van der Waals surface area contributed by atoms with Gasteiger partial charge in [-0.25, -0.2) is 22.5 Å². The Bertz CT molecular complexity index is 1180. The maximum Gasteiger partial charge on any atom is 0.417 e. The van der Waals surface area contributed by atoms with Gasteiger partial charge in [0.2, 0.25) is 5.88 Å². The zero-order valence-electron chi connectivity index (χ0n) is 16.9. The highest BCUT2D eigenvalue weighted by Gasteiger charge is 2.52. The molecule has 1 saturated heterocycles. The topological polar surface area (TPSA) is 73.1 Å². The summed E-state index contributed by atoms with van der Waals surface area (Å²) in [7, 11) is 0. The Morgan fingerprint density at radius 2 is 1.82 bits per heavy atom. The highest BCUT2D eigenvalue weighted by atomic mass is 19.4. The maximum atomic E-state index is 14.7. The molecule has 1 fully saturated rings. The van der Waals surface area contributed by atoms with Crippen molar-refractivity contribution in [2.75, 3.05) is 13.2 Å². The Morgan fingerprint density at radius 3 is 2.44 bits per heavy atom. The van der Waals surface area contributed by atoms with E-state index in [1.165, 1.54) is 12.4 Å². The molecule has 1 atom stereocenters. The molecule has 1 aliphatic heterocycles. The van der Waals surface area contributed by atoms with Crippen LogP contribution in [0, 0.1) is 11.6 Å². The van der Waals surface area contributed by atoms with E-state index < -0.39 is 66.4 Å². The van der Waals surface area contributed by atoms with E-state index in [0.29, 0.717) is 17.2 Å². The summed E-state index contributed by atoms with van der Waals surface area (Å²) in [6.45, 7) is -1.37. The summed E-state index contributed by atoms with van der Waals surface area (Å²) < 4.78 is 101. The van der Waals surface area contributed by atoms with E-state index in [9.17, 15) is 35.5 Å². The van der Waals surface area contributed by atoms with Gasteiger partial charge in [0, 0.05) is 25.2 Å². The lowest BCUT2D eigenvalue weighted by atomic mass is 10.1. The van der Waals surface area contributed by atoms with Crippen LogP contribution in [0.5, 0.6) is 5.88 Å². The summed E-state index contributed by atoms with van der Waals surface area (Å²) in [6.07, 6.45) is -2.54. The molecule has 0 saturated carbocycles. The average Bonchev–Trinajstić information content (AvgIpc) is 3.41. The number of carbonyl (C=O) groups is 1. The number of halogens is 7. The molecule has 1 amide bonds. The van der Waals surface area contributed by atoms with Crippen molar-refractivity contribution in [1.29, 1.82) is 0 Å². The van der Waals surface area contributed by atoms with Gasteiger partial charge in [0.15, 0.2) is 11.6 Å². The number of ether oxygens (including phenoxy) is 1. The Balaban J connectivity index is 1.61. The molecule has 14 heteroatoms. The third-order valence-electron chi connectivity index (χ3n) is 5.18. The van der Waals surface area contributed by atoms with Gasteiger partial charge < -0.3 is 9.64 Å². The molecule has 3 heterocycles. The van der Waals surface area contributed by atoms with Crippen LogP contribution in [0.15, 0.2) is 42.9 Å². The van der Waals surface area contributed by atoms with Gasteiger partial charge in [0.25, 0.3) is 11.8 Å². The number of hydrogen-bond acceptors (Lipinski definition) is 5. The van der Waals surface area contributed by atoms with Crippen LogP contribution in [0.1, 0.15) is 22.3 Å². The number of hydrogen-bond donors (Lipinski definition) is 0. The van der Waals surface area contributed by atoms with E-state index in [2.05, 4.69) is 15.2 Å². The van der Waals surface area contributed by atoms with Crippen molar-refractivity contribution in [2.24, 2.45) is 0 Å². The van der Waals surface area contributed by atoms with Crippen LogP contribution in [0.25, 0.3) is 5.69 Å². The summed E-state index contributed by atoms with van der Waals surface area (Å²) in [4.78, 5) is 18.0. The first-order chi connectivity index (χ1) is 16.0. The smallest absolute Gasteiger partial charge is 0.417 e. The monoisotopic (exact) mass is 489 g/mol. The van der Waals surface area contributed by atoms with E-state index in [1.54, 1.807) is 0 Å². The minimum Gasteiger partial charge on any atom is -0.475 e. The molecule has 0 N–H and O–H groups in total. The molecule has 0 unspecified atom stereocenters. The van der Waals surface area contributed by atoms with E-state index in [1.807, 2.05) is 0 Å². The number of amides is 1. The molecule has 0 spiro atoms. The standard InChI is InChI=1S/C20H14F7N5O2/c21-12-2-3-13(32-29-6-7-30-32)16(17(12)22)18(33)31-8-5-19(23,24)14(31)10-34-15-4-1-11(9-28-15)20(25,26)27/h1-4,6-7,9,14H,5,8,10H2/t14-/m1/s1. The molecule has 0 aliphatic carbocycles. The third kappa shape index (κ3) is 4.39. The lowest BCUT2D eigenvalue weighted by Crippen LogP contribution is -2.46. The number of pyridine rings is 1. The van der Waals surface area contributed by atoms with Crippen molar-refractivity contribution in [3.8, 4) is 11.6 Å². The number of carbonyl (C=O) groups excluding carboxylic acids is 1. The van der Waals surface area contributed by atoms with Crippen LogP contribution in [0.4, 0.5) is 30.7 Å². The molecule has 7 nitrogen and oxygen atoms in total. The van der Waals surface area contributed by atoms with Crippen LogP contribution in [-0.2, 0) is 6.18 Å². The first-order valence-corrected chi connectivity index (χ1v) is 9.68. The molecular weight excluding hydrogens is 475 g/mol. The number of nitrogens with zero attached hydrogens (tertiary/aromatic N) is 5. The van der Waals surface area contributed by atoms with Crippen molar-refractivity contribution in [1.82, 2.24) is 24.9 Å². The van der Waals surface area contributed by atoms with Gasteiger partial charge in [-0.2, -0.15) is 28.2 Å². The summed E-state index contributed by atoms with van der Waals surface area (Å²) in [5, 5.41) is 7.52. The van der Waals surface area contributed by atoms with Gasteiger partial charge in [-0.1, -0.05) is 0 Å². The summed E-state index contributed by atoms with van der Waals surface area (Å²) in [5.74, 6) is -8.07. The second-order valence-corrected chi connectivity index (χ2v) is 7.29. The molecule has 3 aromatic rings. The zero-order valence-corrected chi connectivity index (χ0v) is 16.9. The fourth-order valence-corrected chi connectivity index (χ4v) is 3.47. The van der Waals surface area contributed by atoms with Crippen molar-refractivity contribution in [3.05, 3.63) is 65.6 Å². The van der Waals surface area contributed by atoms with Gasteiger partial charge in [0.05, 0.1) is 18.0 Å². The summed E-state index contributed by atoms with van der Waals surface area (Å²) in [5.41, 5.74) is -2.19. The molecule has 180 valence electrons. The van der Waals surface area contributed by atoms with Crippen LogP contribution >= 0.6 is 0 Å². The van der Waals surface area contributed by atoms with Gasteiger partial charge in [-0.15, -0.1) is 0 Å². The molecule has 34 heavy (non-hydrogen) atoms. The van der Waals surface area contributed by atoms with Crippen LogP contribution in [0.2, 0.25) is 0 Å².